The van der Waals surface area contributed by atoms with Gasteiger partial charge in [0.2, 0.25) is 0 Å². The molecule has 2 rings (SSSR count). The fourth-order valence-electron chi connectivity index (χ4n) is 4.39. The van der Waals surface area contributed by atoms with E-state index in [4.69, 9.17) is 28.4 Å². The number of methoxy groups -OCH3 is 4. The molecule has 0 heterocycles. The molecule has 2 aliphatic rings. The first kappa shape index (κ1) is 23.1. The summed E-state index contributed by atoms with van der Waals surface area (Å²) in [4.78, 5) is 26.1. The van der Waals surface area contributed by atoms with Gasteiger partial charge in [-0.25, -0.2) is 0 Å². The van der Waals surface area contributed by atoms with Gasteiger partial charge >= 0.3 is 23.9 Å². The zero-order valence-corrected chi connectivity index (χ0v) is 17.8. The first-order valence-corrected chi connectivity index (χ1v) is 9.88. The first-order valence-electron chi connectivity index (χ1n) is 9.88. The van der Waals surface area contributed by atoms with Crippen LogP contribution in [-0.4, -0.2) is 52.3 Å². The van der Waals surface area contributed by atoms with E-state index in [-0.39, 0.29) is 5.92 Å². The van der Waals surface area contributed by atoms with Gasteiger partial charge in [-0.3, -0.25) is 9.59 Å². The van der Waals surface area contributed by atoms with Gasteiger partial charge < -0.3 is 28.4 Å². The van der Waals surface area contributed by atoms with Crippen LogP contribution in [0, 0.1) is 23.7 Å². The molecule has 0 bridgehead atoms. The van der Waals surface area contributed by atoms with Crippen molar-refractivity contribution in [1.82, 2.24) is 0 Å². The van der Waals surface area contributed by atoms with Gasteiger partial charge in [0.15, 0.2) is 0 Å². The van der Waals surface area contributed by atoms with Gasteiger partial charge in [0.05, 0.1) is 11.8 Å². The fourth-order valence-corrected chi connectivity index (χ4v) is 4.39. The predicted octanol–water partition coefficient (Wildman–Crippen LogP) is 2.84. The normalized spacial score (nSPS) is 28.4. The van der Waals surface area contributed by atoms with Crippen molar-refractivity contribution >= 4 is 11.9 Å². The number of hydrogen-bond acceptors (Lipinski definition) is 8. The molecule has 2 aliphatic carbocycles. The average molecular weight is 402 g/mol. The largest absolute Gasteiger partial charge is 0.408 e. The maximum atomic E-state index is 13.2. The lowest BCUT2D eigenvalue weighted by molar-refractivity contribution is -0.340. The van der Waals surface area contributed by atoms with Crippen LogP contribution in [0.4, 0.5) is 0 Å². The maximum absolute atomic E-state index is 13.2. The van der Waals surface area contributed by atoms with Crippen LogP contribution in [0.1, 0.15) is 52.4 Å². The Kier molecular flexibility index (Phi) is 7.84. The fraction of sp³-hybridized carbons (Fsp3) is 0.900. The van der Waals surface area contributed by atoms with E-state index in [0.29, 0.717) is 12.3 Å². The monoisotopic (exact) mass is 402 g/mol. The molecule has 0 aromatic heterocycles. The van der Waals surface area contributed by atoms with Gasteiger partial charge in [-0.15, -0.1) is 0 Å². The molecule has 0 saturated heterocycles. The number of esters is 2. The van der Waals surface area contributed by atoms with E-state index in [1.54, 1.807) is 0 Å². The van der Waals surface area contributed by atoms with Gasteiger partial charge in [-0.05, 0) is 31.1 Å². The molecular weight excluding hydrogens is 368 g/mol. The Bertz CT molecular complexity index is 540. The summed E-state index contributed by atoms with van der Waals surface area (Å²) in [6.45, 7) is 3.03. The van der Waals surface area contributed by atoms with E-state index in [9.17, 15) is 9.59 Å². The minimum Gasteiger partial charge on any atom is -0.408 e. The van der Waals surface area contributed by atoms with Crippen LogP contribution in [0.25, 0.3) is 0 Å². The molecule has 2 saturated carbocycles. The Morgan fingerprint density at radius 3 is 1.75 bits per heavy atom. The average Bonchev–Trinajstić information content (AvgIpc) is 2.72. The van der Waals surface area contributed by atoms with Crippen LogP contribution < -0.4 is 0 Å². The zero-order chi connectivity index (χ0) is 20.9. The number of carbonyl (C=O) groups excluding carboxylic acids is 2. The number of ether oxygens (including phenoxy) is 6. The second-order valence-electron chi connectivity index (χ2n) is 7.80. The summed E-state index contributed by atoms with van der Waals surface area (Å²) in [6, 6.07) is 0. The van der Waals surface area contributed by atoms with Crippen LogP contribution in [0.3, 0.4) is 0 Å². The quantitative estimate of drug-likeness (QED) is 0.452. The molecule has 0 aromatic rings. The van der Waals surface area contributed by atoms with Crippen molar-refractivity contribution in [2.24, 2.45) is 23.7 Å². The summed E-state index contributed by atoms with van der Waals surface area (Å²) in [7, 11) is 5.58. The van der Waals surface area contributed by atoms with Crippen molar-refractivity contribution in [1.29, 1.82) is 0 Å². The van der Waals surface area contributed by atoms with E-state index in [0.717, 1.165) is 32.1 Å². The third kappa shape index (κ3) is 5.03. The minimum atomic E-state index is -1.50. The predicted molar refractivity (Wildman–Crippen MR) is 98.7 cm³/mol. The van der Waals surface area contributed by atoms with Crippen molar-refractivity contribution in [2.45, 2.75) is 64.3 Å². The summed E-state index contributed by atoms with van der Waals surface area (Å²) in [5.41, 5.74) is 0. The highest BCUT2D eigenvalue weighted by molar-refractivity contribution is 5.83. The topological polar surface area (TPSA) is 89.5 Å². The summed E-state index contributed by atoms with van der Waals surface area (Å²) in [5, 5.41) is 0. The van der Waals surface area contributed by atoms with Gasteiger partial charge in [0, 0.05) is 42.3 Å². The summed E-state index contributed by atoms with van der Waals surface area (Å²) >= 11 is 0. The van der Waals surface area contributed by atoms with E-state index >= 15 is 0 Å². The summed E-state index contributed by atoms with van der Waals surface area (Å²) < 4.78 is 31.6. The second-order valence-corrected chi connectivity index (χ2v) is 7.80. The first-order chi connectivity index (χ1) is 13.2. The lowest BCUT2D eigenvalue weighted by atomic mass is 9.61. The van der Waals surface area contributed by atoms with Crippen LogP contribution >= 0.6 is 0 Å². The molecule has 0 amide bonds. The van der Waals surface area contributed by atoms with Gasteiger partial charge in [0.1, 0.15) is 0 Å². The molecule has 0 aromatic carbocycles. The second kappa shape index (κ2) is 9.52. The molecule has 2 fully saturated rings. The summed E-state index contributed by atoms with van der Waals surface area (Å²) in [5.74, 6) is -4.79. The molecule has 0 radical (unpaired) electrons. The van der Waals surface area contributed by atoms with Crippen LogP contribution in [0.5, 0.6) is 0 Å². The highest BCUT2D eigenvalue weighted by Gasteiger charge is 2.50. The molecule has 0 aliphatic heterocycles. The van der Waals surface area contributed by atoms with Crippen molar-refractivity contribution in [2.75, 3.05) is 28.4 Å². The third-order valence-corrected chi connectivity index (χ3v) is 6.34. The summed E-state index contributed by atoms with van der Waals surface area (Å²) in [6.07, 6.45) is 5.58. The van der Waals surface area contributed by atoms with Crippen molar-refractivity contribution in [3.05, 3.63) is 0 Å². The van der Waals surface area contributed by atoms with E-state index in [1.165, 1.54) is 42.3 Å². The SMILES string of the molecule is COC(C)(OC)OC(=O)C1CCC2CCCCC2C1C(=O)OC(C)(OC)OC. The molecule has 8 heteroatoms. The number of rotatable bonds is 8. The Hall–Kier alpha value is -1.22. The number of carbonyl (C=O) groups is 2. The van der Waals surface area contributed by atoms with Crippen molar-refractivity contribution in [3.8, 4) is 0 Å². The minimum absolute atomic E-state index is 0.0712. The molecule has 28 heavy (non-hydrogen) atoms. The lowest BCUT2D eigenvalue weighted by Gasteiger charge is -2.44. The van der Waals surface area contributed by atoms with Gasteiger partial charge in [-0.1, -0.05) is 19.3 Å². The lowest BCUT2D eigenvalue weighted by Crippen LogP contribution is -2.49. The van der Waals surface area contributed by atoms with Crippen LogP contribution in [0.2, 0.25) is 0 Å². The Morgan fingerprint density at radius 1 is 0.714 bits per heavy atom. The van der Waals surface area contributed by atoms with Crippen LogP contribution in [-0.2, 0) is 38.0 Å². The Labute approximate surface area is 167 Å². The molecule has 162 valence electrons. The van der Waals surface area contributed by atoms with Gasteiger partial charge in [0.25, 0.3) is 0 Å². The highest BCUT2D eigenvalue weighted by atomic mass is 16.9. The van der Waals surface area contributed by atoms with E-state index in [1.807, 2.05) is 0 Å². The molecular formula is C20H34O8. The molecule has 8 nitrogen and oxygen atoms in total. The van der Waals surface area contributed by atoms with E-state index in [2.05, 4.69) is 0 Å². The van der Waals surface area contributed by atoms with Crippen molar-refractivity contribution in [3.63, 3.8) is 0 Å². The van der Waals surface area contributed by atoms with Crippen molar-refractivity contribution < 1.29 is 38.0 Å². The standard InChI is InChI=1S/C20H34O8/c1-19(23-3,24-4)27-17(21)15-12-11-13-9-7-8-10-14(13)16(15)18(22)28-20(2,25-5)26-6/h13-16H,7-12H2,1-6H3. The maximum Gasteiger partial charge on any atom is 0.325 e. The molecule has 0 N–H and O–H groups in total. The Morgan fingerprint density at radius 2 is 1.21 bits per heavy atom. The zero-order valence-electron chi connectivity index (χ0n) is 17.8. The number of fused-ring (bicyclic) bond motifs is 1. The highest BCUT2D eigenvalue weighted by Crippen LogP contribution is 2.48. The Balaban J connectivity index is 2.26. The van der Waals surface area contributed by atoms with Gasteiger partial charge in [-0.2, -0.15) is 0 Å². The molecule has 4 atom stereocenters. The van der Waals surface area contributed by atoms with E-state index < -0.39 is 35.7 Å². The smallest absolute Gasteiger partial charge is 0.325 e. The molecule has 0 spiro atoms. The third-order valence-electron chi connectivity index (χ3n) is 6.34. The molecule has 4 unspecified atom stereocenters. The van der Waals surface area contributed by atoms with Crippen LogP contribution in [0.15, 0.2) is 0 Å². The number of hydrogen-bond donors (Lipinski definition) is 0.